The van der Waals surface area contributed by atoms with Crippen LogP contribution < -0.4 is 10.2 Å². The summed E-state index contributed by atoms with van der Waals surface area (Å²) in [6.45, 7) is 0.223. The monoisotopic (exact) mass is 422 g/mol. The van der Waals surface area contributed by atoms with E-state index in [4.69, 9.17) is 0 Å². The Morgan fingerprint density at radius 1 is 1.07 bits per heavy atom. The molecule has 3 atom stereocenters. The van der Waals surface area contributed by atoms with E-state index in [2.05, 4.69) is 5.32 Å². The molecular weight excluding hydrogens is 400 g/mol. The topological polar surface area (TPSA) is 52.6 Å². The molecule has 0 aliphatic carbocycles. The predicted octanol–water partition coefficient (Wildman–Crippen LogP) is 5.53. The van der Waals surface area contributed by atoms with Crippen LogP contribution in [0.3, 0.4) is 0 Å². The number of nitrogens with zero attached hydrogens (tertiary/aromatic N) is 1. The molecule has 2 bridgehead atoms. The molecule has 30 heavy (non-hydrogen) atoms. The van der Waals surface area contributed by atoms with Crippen LogP contribution >= 0.6 is 0 Å². The molecule has 2 aliphatic heterocycles. The fraction of sp³-hybridized carbons (Fsp3) is 0.409. The van der Waals surface area contributed by atoms with Crippen molar-refractivity contribution in [2.24, 2.45) is 5.92 Å². The number of fused-ring (bicyclic) bond motifs is 2. The van der Waals surface area contributed by atoms with Gasteiger partial charge in [0, 0.05) is 24.2 Å². The molecule has 4 rings (SSSR count). The molecule has 1 amide bonds. The van der Waals surface area contributed by atoms with Crippen molar-refractivity contribution >= 4 is 11.8 Å². The molecule has 0 unspecified atom stereocenters. The van der Waals surface area contributed by atoms with Gasteiger partial charge in [0.05, 0.1) is 11.3 Å². The number of alkyl halides is 3. The average molecular weight is 422 g/mol. The molecular formula is C22H22F4N2O2. The van der Waals surface area contributed by atoms with E-state index >= 15 is 0 Å². The SMILES string of the molecule is O=C(O)N(C[C@H]1C[C@H]2CC[C@@H](C1)N2)c1cc(F)ccc1-c1ccc(C(F)(F)F)cc1. The highest BCUT2D eigenvalue weighted by Crippen LogP contribution is 2.37. The third-order valence-electron chi connectivity index (χ3n) is 6.02. The maximum atomic E-state index is 14.0. The highest BCUT2D eigenvalue weighted by Gasteiger charge is 2.35. The van der Waals surface area contributed by atoms with Gasteiger partial charge in [0.25, 0.3) is 0 Å². The van der Waals surface area contributed by atoms with E-state index in [0.717, 1.165) is 48.8 Å². The lowest BCUT2D eigenvalue weighted by molar-refractivity contribution is -0.137. The van der Waals surface area contributed by atoms with Crippen molar-refractivity contribution in [2.75, 3.05) is 11.4 Å². The summed E-state index contributed by atoms with van der Waals surface area (Å²) in [4.78, 5) is 13.2. The molecule has 0 aromatic heterocycles. The van der Waals surface area contributed by atoms with Crippen LogP contribution in [0.1, 0.15) is 31.2 Å². The van der Waals surface area contributed by atoms with E-state index in [-0.39, 0.29) is 18.2 Å². The van der Waals surface area contributed by atoms with Gasteiger partial charge in [0.2, 0.25) is 0 Å². The lowest BCUT2D eigenvalue weighted by Gasteiger charge is -2.33. The lowest BCUT2D eigenvalue weighted by atomic mass is 9.91. The van der Waals surface area contributed by atoms with E-state index in [0.29, 0.717) is 23.2 Å². The number of carboxylic acid groups (broad SMARTS) is 1. The Kier molecular flexibility index (Phi) is 5.44. The molecule has 2 heterocycles. The van der Waals surface area contributed by atoms with E-state index in [1.54, 1.807) is 0 Å². The summed E-state index contributed by atoms with van der Waals surface area (Å²) in [5.41, 5.74) is 0.127. The summed E-state index contributed by atoms with van der Waals surface area (Å²) in [5.74, 6) is -0.458. The highest BCUT2D eigenvalue weighted by atomic mass is 19.4. The third kappa shape index (κ3) is 4.28. The highest BCUT2D eigenvalue weighted by molar-refractivity contribution is 5.93. The van der Waals surface area contributed by atoms with E-state index < -0.39 is 23.7 Å². The van der Waals surface area contributed by atoms with Crippen LogP contribution in [0.5, 0.6) is 0 Å². The number of amides is 1. The number of anilines is 1. The summed E-state index contributed by atoms with van der Waals surface area (Å²) < 4.78 is 52.7. The van der Waals surface area contributed by atoms with Crippen molar-refractivity contribution in [3.8, 4) is 11.1 Å². The van der Waals surface area contributed by atoms with Gasteiger partial charge < -0.3 is 10.4 Å². The first-order valence-electron chi connectivity index (χ1n) is 9.94. The number of nitrogens with one attached hydrogen (secondary N) is 1. The van der Waals surface area contributed by atoms with Gasteiger partial charge in [0.1, 0.15) is 5.82 Å². The normalized spacial score (nSPS) is 23.4. The number of halogens is 4. The zero-order valence-corrected chi connectivity index (χ0v) is 16.1. The Labute approximate surface area is 171 Å². The largest absolute Gasteiger partial charge is 0.465 e. The van der Waals surface area contributed by atoms with E-state index in [1.807, 2.05) is 0 Å². The molecule has 2 fully saturated rings. The standard InChI is InChI=1S/C22H22F4N2O2/c23-16-5-8-19(14-1-3-15(4-2-14)22(24,25)26)20(11-16)28(21(29)30)12-13-9-17-6-7-18(10-13)27-17/h1-5,8,11,13,17-18,27H,6-7,9-10,12H2,(H,29,30)/t13-,17+,18-. The number of hydrogen-bond donors (Lipinski definition) is 2. The Morgan fingerprint density at radius 3 is 2.27 bits per heavy atom. The molecule has 4 nitrogen and oxygen atoms in total. The minimum Gasteiger partial charge on any atom is -0.465 e. The van der Waals surface area contributed by atoms with Crippen LogP contribution in [-0.4, -0.2) is 29.8 Å². The molecule has 2 saturated heterocycles. The number of benzene rings is 2. The second kappa shape index (κ2) is 7.91. The number of hydrogen-bond acceptors (Lipinski definition) is 2. The van der Waals surface area contributed by atoms with Crippen LogP contribution in [0.2, 0.25) is 0 Å². The van der Waals surface area contributed by atoms with Gasteiger partial charge in [-0.15, -0.1) is 0 Å². The Hall–Kier alpha value is -2.61. The van der Waals surface area contributed by atoms with Gasteiger partial charge in [-0.05, 0) is 67.5 Å². The average Bonchev–Trinajstić information content (AvgIpc) is 3.03. The lowest BCUT2D eigenvalue weighted by Crippen LogP contribution is -2.43. The van der Waals surface area contributed by atoms with Crippen molar-refractivity contribution in [2.45, 2.75) is 43.9 Å². The van der Waals surface area contributed by atoms with E-state index in [9.17, 15) is 27.5 Å². The first-order chi connectivity index (χ1) is 14.2. The van der Waals surface area contributed by atoms with Gasteiger partial charge in [-0.1, -0.05) is 12.1 Å². The number of piperidine rings is 1. The van der Waals surface area contributed by atoms with Gasteiger partial charge in [-0.25, -0.2) is 9.18 Å². The second-order valence-electron chi connectivity index (χ2n) is 8.11. The molecule has 160 valence electrons. The summed E-state index contributed by atoms with van der Waals surface area (Å²) >= 11 is 0. The molecule has 2 aromatic carbocycles. The molecule has 0 radical (unpaired) electrons. The third-order valence-corrected chi connectivity index (χ3v) is 6.02. The smallest absolute Gasteiger partial charge is 0.416 e. The van der Waals surface area contributed by atoms with Crippen molar-refractivity contribution in [3.05, 3.63) is 53.8 Å². The Balaban J connectivity index is 1.66. The summed E-state index contributed by atoms with van der Waals surface area (Å²) in [7, 11) is 0. The molecule has 2 N–H and O–H groups in total. The van der Waals surface area contributed by atoms with Gasteiger partial charge in [0.15, 0.2) is 0 Å². The molecule has 0 spiro atoms. The fourth-order valence-electron chi connectivity index (χ4n) is 4.67. The van der Waals surface area contributed by atoms with Crippen molar-refractivity contribution in [1.82, 2.24) is 5.32 Å². The maximum Gasteiger partial charge on any atom is 0.416 e. The second-order valence-corrected chi connectivity index (χ2v) is 8.11. The minimum atomic E-state index is -4.47. The molecule has 8 heteroatoms. The molecule has 2 aliphatic rings. The Morgan fingerprint density at radius 2 is 1.70 bits per heavy atom. The van der Waals surface area contributed by atoms with E-state index in [1.165, 1.54) is 24.3 Å². The van der Waals surface area contributed by atoms with Crippen LogP contribution in [0.4, 0.5) is 28.0 Å². The fourth-order valence-corrected chi connectivity index (χ4v) is 4.67. The van der Waals surface area contributed by atoms with Gasteiger partial charge in [-0.3, -0.25) is 4.90 Å². The zero-order chi connectivity index (χ0) is 21.5. The first kappa shape index (κ1) is 20.7. The van der Waals surface area contributed by atoms with Gasteiger partial charge in [-0.2, -0.15) is 13.2 Å². The Bertz CT molecular complexity index is 918. The van der Waals surface area contributed by atoms with Crippen LogP contribution in [0.15, 0.2) is 42.5 Å². The number of rotatable bonds is 4. The predicted molar refractivity (Wildman–Crippen MR) is 105 cm³/mol. The molecule has 2 aromatic rings. The first-order valence-corrected chi connectivity index (χ1v) is 9.94. The summed E-state index contributed by atoms with van der Waals surface area (Å²) in [6, 6.07) is 8.94. The zero-order valence-electron chi connectivity index (χ0n) is 16.1. The minimum absolute atomic E-state index is 0.142. The van der Waals surface area contributed by atoms with Crippen molar-refractivity contribution in [1.29, 1.82) is 0 Å². The maximum absolute atomic E-state index is 14.0. The number of carbonyl (C=O) groups is 1. The van der Waals surface area contributed by atoms with Crippen LogP contribution in [0.25, 0.3) is 11.1 Å². The van der Waals surface area contributed by atoms with Gasteiger partial charge >= 0.3 is 12.3 Å². The molecule has 0 saturated carbocycles. The van der Waals surface area contributed by atoms with Crippen molar-refractivity contribution < 1.29 is 27.5 Å². The van der Waals surface area contributed by atoms with Crippen molar-refractivity contribution in [3.63, 3.8) is 0 Å². The quantitative estimate of drug-likeness (QED) is 0.638. The summed E-state index contributed by atoms with van der Waals surface area (Å²) in [5, 5.41) is 13.4. The van der Waals surface area contributed by atoms with Crippen LogP contribution in [0, 0.1) is 11.7 Å². The van der Waals surface area contributed by atoms with Crippen LogP contribution in [-0.2, 0) is 6.18 Å². The summed E-state index contributed by atoms with van der Waals surface area (Å²) in [6.07, 6.45) is -1.82.